The Hall–Kier alpha value is -0.910. The second kappa shape index (κ2) is 5.23. The van der Waals surface area contributed by atoms with Gasteiger partial charge in [0, 0.05) is 19.6 Å². The van der Waals surface area contributed by atoms with Crippen LogP contribution in [-0.4, -0.2) is 13.7 Å². The maximum atomic E-state index is 12.1. The van der Waals surface area contributed by atoms with Crippen molar-refractivity contribution in [2.45, 2.75) is 50.6 Å². The van der Waals surface area contributed by atoms with E-state index < -0.39 is 10.0 Å². The minimum atomic E-state index is -3.14. The molecule has 0 radical (unpaired) electrons. The third-order valence-electron chi connectivity index (χ3n) is 4.12. The van der Waals surface area contributed by atoms with E-state index in [1.54, 1.807) is 0 Å². The topological polar surface area (TPSA) is 58.2 Å². The Balaban J connectivity index is 1.66. The van der Waals surface area contributed by atoms with Crippen LogP contribution in [0, 0.1) is 0 Å². The van der Waals surface area contributed by atoms with Crippen molar-refractivity contribution in [2.75, 3.05) is 0 Å². The fourth-order valence-corrected chi connectivity index (χ4v) is 4.52. The smallest absolute Gasteiger partial charge is 0.214 e. The molecule has 4 nitrogen and oxygen atoms in total. The van der Waals surface area contributed by atoms with Crippen LogP contribution in [0.5, 0.6) is 0 Å². The molecule has 0 aromatic heterocycles. The molecule has 2 N–H and O–H groups in total. The summed E-state index contributed by atoms with van der Waals surface area (Å²) >= 11 is 0. The monoisotopic (exact) mass is 280 g/mol. The molecule has 1 aromatic carbocycles. The van der Waals surface area contributed by atoms with E-state index in [0.29, 0.717) is 6.54 Å². The average molecular weight is 280 g/mol. The van der Waals surface area contributed by atoms with Gasteiger partial charge in [0.2, 0.25) is 10.0 Å². The van der Waals surface area contributed by atoms with Crippen molar-refractivity contribution >= 4 is 10.0 Å². The van der Waals surface area contributed by atoms with Crippen molar-refractivity contribution in [3.8, 4) is 0 Å². The van der Waals surface area contributed by atoms with Crippen molar-refractivity contribution in [1.82, 2.24) is 10.0 Å². The largest absolute Gasteiger partial charge is 0.309 e. The number of rotatable bonds is 4. The molecule has 0 unspecified atom stereocenters. The van der Waals surface area contributed by atoms with Gasteiger partial charge >= 0.3 is 0 Å². The minimum Gasteiger partial charge on any atom is -0.309 e. The SMILES string of the molecule is O=S(=O)(NCc1ccc2c(c1)CNC2)C1CCCC1. The van der Waals surface area contributed by atoms with Gasteiger partial charge in [0.25, 0.3) is 0 Å². The van der Waals surface area contributed by atoms with Gasteiger partial charge in [-0.2, -0.15) is 0 Å². The van der Waals surface area contributed by atoms with Crippen LogP contribution in [0.25, 0.3) is 0 Å². The fourth-order valence-electron chi connectivity index (χ4n) is 2.96. The first-order valence-corrected chi connectivity index (χ1v) is 8.50. The predicted molar refractivity (Wildman–Crippen MR) is 75.0 cm³/mol. The molecule has 104 valence electrons. The summed E-state index contributed by atoms with van der Waals surface area (Å²) in [5, 5.41) is 3.12. The van der Waals surface area contributed by atoms with E-state index in [-0.39, 0.29) is 5.25 Å². The minimum absolute atomic E-state index is 0.177. The summed E-state index contributed by atoms with van der Waals surface area (Å²) in [6, 6.07) is 6.21. The van der Waals surface area contributed by atoms with Crippen molar-refractivity contribution in [3.63, 3.8) is 0 Å². The molecule has 0 saturated heterocycles. The normalized spacial score (nSPS) is 19.8. The van der Waals surface area contributed by atoms with E-state index >= 15 is 0 Å². The molecule has 2 aliphatic rings. The molecule has 3 rings (SSSR count). The molecule has 0 bridgehead atoms. The summed E-state index contributed by atoms with van der Waals surface area (Å²) in [7, 11) is -3.14. The molecule has 1 aliphatic heterocycles. The van der Waals surface area contributed by atoms with Crippen LogP contribution < -0.4 is 10.0 Å². The van der Waals surface area contributed by atoms with Crippen LogP contribution in [0.3, 0.4) is 0 Å². The molecule has 5 heteroatoms. The van der Waals surface area contributed by atoms with Crippen LogP contribution in [0.4, 0.5) is 0 Å². The maximum absolute atomic E-state index is 12.1. The number of nitrogens with one attached hydrogen (secondary N) is 2. The average Bonchev–Trinajstić information content (AvgIpc) is 3.07. The predicted octanol–water partition coefficient (Wildman–Crippen LogP) is 1.65. The quantitative estimate of drug-likeness (QED) is 0.881. The summed E-state index contributed by atoms with van der Waals surface area (Å²) in [5.41, 5.74) is 3.66. The lowest BCUT2D eigenvalue weighted by atomic mass is 10.1. The van der Waals surface area contributed by atoms with Crippen molar-refractivity contribution in [2.24, 2.45) is 0 Å². The third kappa shape index (κ3) is 2.83. The van der Waals surface area contributed by atoms with E-state index in [4.69, 9.17) is 0 Å². The summed E-state index contributed by atoms with van der Waals surface area (Å²) in [5.74, 6) is 0. The highest BCUT2D eigenvalue weighted by Crippen LogP contribution is 2.24. The Morgan fingerprint density at radius 3 is 2.68 bits per heavy atom. The fraction of sp³-hybridized carbons (Fsp3) is 0.571. The molecule has 0 spiro atoms. The lowest BCUT2D eigenvalue weighted by Gasteiger charge is -2.12. The molecule has 1 heterocycles. The van der Waals surface area contributed by atoms with Gasteiger partial charge in [-0.1, -0.05) is 31.0 Å². The summed E-state index contributed by atoms with van der Waals surface area (Å²) < 4.78 is 27.0. The van der Waals surface area contributed by atoms with Gasteiger partial charge in [0.1, 0.15) is 0 Å². The van der Waals surface area contributed by atoms with Crippen molar-refractivity contribution in [3.05, 3.63) is 34.9 Å². The molecular weight excluding hydrogens is 260 g/mol. The van der Waals surface area contributed by atoms with E-state index in [0.717, 1.165) is 44.3 Å². The molecule has 1 aliphatic carbocycles. The molecule has 1 aromatic rings. The second-order valence-corrected chi connectivity index (χ2v) is 7.52. The van der Waals surface area contributed by atoms with Gasteiger partial charge in [-0.05, 0) is 29.5 Å². The first-order chi connectivity index (χ1) is 9.15. The van der Waals surface area contributed by atoms with Crippen LogP contribution in [0.1, 0.15) is 42.4 Å². The zero-order valence-corrected chi connectivity index (χ0v) is 11.8. The van der Waals surface area contributed by atoms with E-state index in [2.05, 4.69) is 22.2 Å². The molecule has 19 heavy (non-hydrogen) atoms. The first kappa shape index (κ1) is 13.1. The van der Waals surface area contributed by atoms with Gasteiger partial charge in [-0.25, -0.2) is 13.1 Å². The standard InChI is InChI=1S/C14H20N2O2S/c17-19(18,14-3-1-2-4-14)16-8-11-5-6-12-9-15-10-13(12)7-11/h5-7,14-16H,1-4,8-10H2. The maximum Gasteiger partial charge on any atom is 0.214 e. The third-order valence-corrected chi connectivity index (χ3v) is 6.02. The van der Waals surface area contributed by atoms with Crippen molar-refractivity contribution < 1.29 is 8.42 Å². The molecular formula is C14H20N2O2S. The lowest BCUT2D eigenvalue weighted by molar-refractivity contribution is 0.564. The highest BCUT2D eigenvalue weighted by molar-refractivity contribution is 7.90. The first-order valence-electron chi connectivity index (χ1n) is 6.95. The molecule has 1 fully saturated rings. The van der Waals surface area contributed by atoms with Gasteiger partial charge < -0.3 is 5.32 Å². The Morgan fingerprint density at radius 1 is 1.16 bits per heavy atom. The zero-order chi connectivity index (χ0) is 13.3. The van der Waals surface area contributed by atoms with Gasteiger partial charge in [-0.3, -0.25) is 0 Å². The van der Waals surface area contributed by atoms with E-state index in [9.17, 15) is 8.42 Å². The van der Waals surface area contributed by atoms with E-state index in [1.807, 2.05) is 6.07 Å². The van der Waals surface area contributed by atoms with E-state index in [1.165, 1.54) is 11.1 Å². The van der Waals surface area contributed by atoms with Crippen LogP contribution in [0.2, 0.25) is 0 Å². The molecule has 1 saturated carbocycles. The Labute approximate surface area is 114 Å². The number of benzene rings is 1. The number of hydrogen-bond acceptors (Lipinski definition) is 3. The Bertz CT molecular complexity index is 563. The lowest BCUT2D eigenvalue weighted by Crippen LogP contribution is -2.32. The number of sulfonamides is 1. The Kier molecular flexibility index (Phi) is 3.60. The summed E-state index contributed by atoms with van der Waals surface area (Å²) in [4.78, 5) is 0. The van der Waals surface area contributed by atoms with Gasteiger partial charge in [0.05, 0.1) is 5.25 Å². The highest BCUT2D eigenvalue weighted by Gasteiger charge is 2.28. The number of fused-ring (bicyclic) bond motifs is 1. The second-order valence-electron chi connectivity index (χ2n) is 5.48. The zero-order valence-electron chi connectivity index (χ0n) is 11.0. The summed E-state index contributed by atoms with van der Waals surface area (Å²) in [6.07, 6.45) is 3.69. The number of hydrogen-bond donors (Lipinski definition) is 2. The molecule has 0 amide bonds. The van der Waals surface area contributed by atoms with Crippen molar-refractivity contribution in [1.29, 1.82) is 0 Å². The Morgan fingerprint density at radius 2 is 1.89 bits per heavy atom. The summed E-state index contributed by atoms with van der Waals surface area (Å²) in [6.45, 7) is 2.22. The van der Waals surface area contributed by atoms with Crippen LogP contribution in [-0.2, 0) is 29.7 Å². The van der Waals surface area contributed by atoms with Crippen LogP contribution in [0.15, 0.2) is 18.2 Å². The van der Waals surface area contributed by atoms with Crippen LogP contribution >= 0.6 is 0 Å². The highest BCUT2D eigenvalue weighted by atomic mass is 32.2. The molecule has 0 atom stereocenters. The van der Waals surface area contributed by atoms with Gasteiger partial charge in [-0.15, -0.1) is 0 Å². The van der Waals surface area contributed by atoms with Gasteiger partial charge in [0.15, 0.2) is 0 Å².